The molecule has 0 aromatic rings. The SMILES string of the molecule is CC(CN1CCCC1C(N)=O)C(=O)O. The van der Waals surface area contributed by atoms with Gasteiger partial charge in [0.1, 0.15) is 0 Å². The van der Waals surface area contributed by atoms with Gasteiger partial charge < -0.3 is 10.8 Å². The second-order valence-corrected chi connectivity index (χ2v) is 3.79. The third-order valence-electron chi connectivity index (χ3n) is 2.62. The smallest absolute Gasteiger partial charge is 0.307 e. The van der Waals surface area contributed by atoms with E-state index < -0.39 is 11.9 Å². The summed E-state index contributed by atoms with van der Waals surface area (Å²) < 4.78 is 0. The molecule has 0 aliphatic carbocycles. The van der Waals surface area contributed by atoms with Crippen LogP contribution in [0.25, 0.3) is 0 Å². The summed E-state index contributed by atoms with van der Waals surface area (Å²) in [5, 5.41) is 8.72. The van der Waals surface area contributed by atoms with Crippen LogP contribution in [0, 0.1) is 5.92 Å². The Bertz CT molecular complexity index is 242. The van der Waals surface area contributed by atoms with Crippen molar-refractivity contribution in [1.29, 1.82) is 0 Å². The van der Waals surface area contributed by atoms with Crippen LogP contribution in [0.3, 0.4) is 0 Å². The number of nitrogens with two attached hydrogens (primary N) is 1. The van der Waals surface area contributed by atoms with E-state index in [1.165, 1.54) is 0 Å². The Kier molecular flexibility index (Phi) is 3.46. The highest BCUT2D eigenvalue weighted by Crippen LogP contribution is 2.18. The van der Waals surface area contributed by atoms with Crippen molar-refractivity contribution in [3.8, 4) is 0 Å². The zero-order chi connectivity index (χ0) is 10.7. The highest BCUT2D eigenvalue weighted by molar-refractivity contribution is 5.80. The van der Waals surface area contributed by atoms with Crippen molar-refractivity contribution in [2.75, 3.05) is 13.1 Å². The molecular formula is C9H16N2O3. The van der Waals surface area contributed by atoms with E-state index in [2.05, 4.69) is 0 Å². The van der Waals surface area contributed by atoms with Gasteiger partial charge >= 0.3 is 5.97 Å². The summed E-state index contributed by atoms with van der Waals surface area (Å²) in [6, 6.07) is -0.267. The van der Waals surface area contributed by atoms with Gasteiger partial charge in [-0.05, 0) is 19.4 Å². The van der Waals surface area contributed by atoms with Crippen molar-refractivity contribution in [3.05, 3.63) is 0 Å². The number of carboxylic acids is 1. The first-order valence-electron chi connectivity index (χ1n) is 4.78. The second-order valence-electron chi connectivity index (χ2n) is 3.79. The van der Waals surface area contributed by atoms with Crippen molar-refractivity contribution < 1.29 is 14.7 Å². The molecule has 0 aromatic heterocycles. The zero-order valence-corrected chi connectivity index (χ0v) is 8.27. The van der Waals surface area contributed by atoms with Gasteiger partial charge in [0.15, 0.2) is 0 Å². The number of likely N-dealkylation sites (tertiary alicyclic amines) is 1. The summed E-state index contributed by atoms with van der Waals surface area (Å²) in [6.07, 6.45) is 1.67. The van der Waals surface area contributed by atoms with Crippen LogP contribution in [0.5, 0.6) is 0 Å². The van der Waals surface area contributed by atoms with E-state index in [1.807, 2.05) is 4.90 Å². The average molecular weight is 200 g/mol. The summed E-state index contributed by atoms with van der Waals surface area (Å²) in [5.41, 5.74) is 5.21. The zero-order valence-electron chi connectivity index (χ0n) is 8.27. The Morgan fingerprint density at radius 1 is 1.64 bits per heavy atom. The fourth-order valence-corrected chi connectivity index (χ4v) is 1.80. The van der Waals surface area contributed by atoms with Gasteiger partial charge in [0, 0.05) is 6.54 Å². The summed E-state index contributed by atoms with van der Waals surface area (Å²) in [4.78, 5) is 23.5. The number of carbonyl (C=O) groups excluding carboxylic acids is 1. The van der Waals surface area contributed by atoms with Crippen molar-refractivity contribution in [2.24, 2.45) is 11.7 Å². The maximum Gasteiger partial charge on any atom is 0.307 e. The Labute approximate surface area is 82.9 Å². The van der Waals surface area contributed by atoms with Crippen molar-refractivity contribution in [1.82, 2.24) is 4.90 Å². The highest BCUT2D eigenvalue weighted by Gasteiger charge is 2.30. The molecule has 2 atom stereocenters. The lowest BCUT2D eigenvalue weighted by Crippen LogP contribution is -2.43. The molecule has 0 bridgehead atoms. The molecular weight excluding hydrogens is 184 g/mol. The Morgan fingerprint density at radius 3 is 2.79 bits per heavy atom. The topological polar surface area (TPSA) is 83.6 Å². The predicted molar refractivity (Wildman–Crippen MR) is 50.6 cm³/mol. The van der Waals surface area contributed by atoms with Gasteiger partial charge in [-0.2, -0.15) is 0 Å². The molecule has 1 saturated heterocycles. The number of amides is 1. The van der Waals surface area contributed by atoms with Crippen LogP contribution in [0.4, 0.5) is 0 Å². The molecule has 1 aliphatic rings. The van der Waals surface area contributed by atoms with E-state index in [-0.39, 0.29) is 11.9 Å². The van der Waals surface area contributed by atoms with Crippen LogP contribution in [-0.2, 0) is 9.59 Å². The van der Waals surface area contributed by atoms with E-state index in [4.69, 9.17) is 10.8 Å². The van der Waals surface area contributed by atoms with Crippen LogP contribution >= 0.6 is 0 Å². The largest absolute Gasteiger partial charge is 0.481 e. The van der Waals surface area contributed by atoms with Crippen LogP contribution in [0.1, 0.15) is 19.8 Å². The van der Waals surface area contributed by atoms with E-state index in [9.17, 15) is 9.59 Å². The highest BCUT2D eigenvalue weighted by atomic mass is 16.4. The number of carbonyl (C=O) groups is 2. The maximum absolute atomic E-state index is 11.0. The van der Waals surface area contributed by atoms with Crippen LogP contribution in [0.15, 0.2) is 0 Å². The molecule has 5 heteroatoms. The fourth-order valence-electron chi connectivity index (χ4n) is 1.80. The van der Waals surface area contributed by atoms with Crippen LogP contribution < -0.4 is 5.73 Å². The molecule has 1 heterocycles. The lowest BCUT2D eigenvalue weighted by atomic mass is 10.1. The van der Waals surface area contributed by atoms with Gasteiger partial charge in [0.25, 0.3) is 0 Å². The lowest BCUT2D eigenvalue weighted by Gasteiger charge is -2.23. The van der Waals surface area contributed by atoms with Crippen LogP contribution in [-0.4, -0.2) is 41.0 Å². The molecule has 2 unspecified atom stereocenters. The van der Waals surface area contributed by atoms with Crippen LogP contribution in [0.2, 0.25) is 0 Å². The standard InChI is InChI=1S/C9H16N2O3/c1-6(9(13)14)5-11-4-2-3-7(11)8(10)12/h6-7H,2-5H2,1H3,(H2,10,12)(H,13,14). The average Bonchev–Trinajstić information content (AvgIpc) is 2.52. The number of aliphatic carboxylic acids is 1. The first kappa shape index (κ1) is 11.0. The molecule has 1 amide bonds. The van der Waals surface area contributed by atoms with E-state index >= 15 is 0 Å². The molecule has 3 N–H and O–H groups in total. The molecule has 14 heavy (non-hydrogen) atoms. The monoisotopic (exact) mass is 200 g/mol. The van der Waals surface area contributed by atoms with Gasteiger partial charge in [0.05, 0.1) is 12.0 Å². The molecule has 1 fully saturated rings. The number of primary amides is 1. The quantitative estimate of drug-likeness (QED) is 0.650. The van der Waals surface area contributed by atoms with Crippen molar-refractivity contribution in [2.45, 2.75) is 25.8 Å². The lowest BCUT2D eigenvalue weighted by molar-refractivity contribution is -0.142. The second kappa shape index (κ2) is 4.41. The Balaban J connectivity index is 2.51. The van der Waals surface area contributed by atoms with E-state index in [0.717, 1.165) is 19.4 Å². The number of nitrogens with zero attached hydrogens (tertiary/aromatic N) is 1. The predicted octanol–water partition coefficient (Wildman–Crippen LogP) is -0.343. The van der Waals surface area contributed by atoms with Gasteiger partial charge in [-0.15, -0.1) is 0 Å². The minimum atomic E-state index is -0.833. The minimum absolute atomic E-state index is 0.267. The normalized spacial score (nSPS) is 24.8. The summed E-state index contributed by atoms with van der Waals surface area (Å²) in [5.74, 6) is -1.63. The maximum atomic E-state index is 11.0. The molecule has 0 aromatic carbocycles. The molecule has 80 valence electrons. The van der Waals surface area contributed by atoms with Crippen molar-refractivity contribution in [3.63, 3.8) is 0 Å². The Morgan fingerprint density at radius 2 is 2.29 bits per heavy atom. The fraction of sp³-hybridized carbons (Fsp3) is 0.778. The molecule has 1 rings (SSSR count). The molecule has 0 saturated carbocycles. The van der Waals surface area contributed by atoms with Gasteiger partial charge in [-0.3, -0.25) is 14.5 Å². The third-order valence-corrected chi connectivity index (χ3v) is 2.62. The van der Waals surface area contributed by atoms with E-state index in [1.54, 1.807) is 6.92 Å². The number of hydrogen-bond acceptors (Lipinski definition) is 3. The number of rotatable bonds is 4. The van der Waals surface area contributed by atoms with Gasteiger partial charge in [0.2, 0.25) is 5.91 Å². The molecule has 0 spiro atoms. The molecule has 1 aliphatic heterocycles. The number of carboxylic acid groups (broad SMARTS) is 1. The summed E-state index contributed by atoms with van der Waals surface area (Å²) >= 11 is 0. The first-order chi connectivity index (χ1) is 6.52. The molecule has 5 nitrogen and oxygen atoms in total. The van der Waals surface area contributed by atoms with Gasteiger partial charge in [-0.25, -0.2) is 0 Å². The first-order valence-corrected chi connectivity index (χ1v) is 4.78. The minimum Gasteiger partial charge on any atom is -0.481 e. The van der Waals surface area contributed by atoms with Gasteiger partial charge in [-0.1, -0.05) is 6.92 Å². The number of hydrogen-bond donors (Lipinski definition) is 2. The van der Waals surface area contributed by atoms with E-state index in [0.29, 0.717) is 6.54 Å². The van der Waals surface area contributed by atoms with Crippen molar-refractivity contribution >= 4 is 11.9 Å². The molecule has 0 radical (unpaired) electrons. The Hall–Kier alpha value is -1.10. The summed E-state index contributed by atoms with van der Waals surface area (Å²) in [7, 11) is 0. The summed E-state index contributed by atoms with van der Waals surface area (Å²) in [6.45, 7) is 2.81. The third kappa shape index (κ3) is 2.45.